The number of oxime groups is 1. The first-order chi connectivity index (χ1) is 13.0. The van der Waals surface area contributed by atoms with E-state index in [9.17, 15) is 19.5 Å². The van der Waals surface area contributed by atoms with E-state index in [0.29, 0.717) is 6.42 Å². The lowest BCUT2D eigenvalue weighted by molar-refractivity contribution is -0.120. The van der Waals surface area contributed by atoms with Crippen LogP contribution in [0.4, 0.5) is 4.39 Å². The number of carbonyl (C=O) groups excluding carboxylic acids is 1. The van der Waals surface area contributed by atoms with Gasteiger partial charge in [0.1, 0.15) is 12.4 Å². The van der Waals surface area contributed by atoms with Gasteiger partial charge in [-0.3, -0.25) is 4.79 Å². The van der Waals surface area contributed by atoms with Crippen molar-refractivity contribution in [1.82, 2.24) is 20.9 Å². The Balaban J connectivity index is 1.67. The number of rotatable bonds is 7. The molecule has 0 bridgehead atoms. The molecular formula is C16H18FN5O5. The topological polar surface area (TPSA) is 142 Å². The molecule has 1 amide bonds. The van der Waals surface area contributed by atoms with Gasteiger partial charge < -0.3 is 25.7 Å². The minimum Gasteiger partial charge on any atom is -0.472 e. The molecule has 2 atom stereocenters. The summed E-state index contributed by atoms with van der Waals surface area (Å²) in [6.45, 7) is 0.864. The van der Waals surface area contributed by atoms with E-state index in [1.807, 2.05) is 0 Å². The maximum atomic E-state index is 13.4. The Kier molecular flexibility index (Phi) is 5.50. The Morgan fingerprint density at radius 2 is 2.33 bits per heavy atom. The molecule has 1 aromatic heterocycles. The lowest BCUT2D eigenvalue weighted by atomic mass is 9.83. The summed E-state index contributed by atoms with van der Waals surface area (Å²) in [7, 11) is 0. The monoisotopic (exact) mass is 379 g/mol. The molecule has 0 aliphatic heterocycles. The van der Waals surface area contributed by atoms with Gasteiger partial charge in [0, 0.05) is 6.92 Å². The second-order valence-electron chi connectivity index (χ2n) is 6.00. The number of fused-ring (bicyclic) bond motifs is 1. The fourth-order valence-corrected chi connectivity index (χ4v) is 2.74. The van der Waals surface area contributed by atoms with Crippen molar-refractivity contribution in [2.75, 3.05) is 13.2 Å². The zero-order valence-electron chi connectivity index (χ0n) is 14.3. The molecule has 0 saturated carbocycles. The molecule has 11 heteroatoms. The standard InChI is InChI=1S/C16H18FN5O5/c1-8(24)18-11(6-23)7-26-16-14(21-27-22-16)15(20-25)19-13-4-9-2-3-10(17)5-12(9)13/h2-3,5,11,13,23,25H,4,6-7H2,1H3,(H,18,24)(H,19,20)/t11?,13-/m0/s1. The number of hydrogen-bond donors (Lipinski definition) is 4. The highest BCUT2D eigenvalue weighted by Gasteiger charge is 2.30. The van der Waals surface area contributed by atoms with Crippen molar-refractivity contribution in [1.29, 1.82) is 0 Å². The second-order valence-corrected chi connectivity index (χ2v) is 6.00. The van der Waals surface area contributed by atoms with Crippen LogP contribution in [0, 0.1) is 5.82 Å². The van der Waals surface area contributed by atoms with Crippen LogP contribution in [-0.2, 0) is 11.2 Å². The lowest BCUT2D eigenvalue weighted by Gasteiger charge is -2.31. The van der Waals surface area contributed by atoms with Crippen molar-refractivity contribution in [3.05, 3.63) is 40.8 Å². The van der Waals surface area contributed by atoms with Crippen molar-refractivity contribution in [2.45, 2.75) is 25.4 Å². The summed E-state index contributed by atoms with van der Waals surface area (Å²) < 4.78 is 23.4. The summed E-state index contributed by atoms with van der Waals surface area (Å²) >= 11 is 0. The molecule has 0 fully saturated rings. The normalized spacial score (nSPS) is 16.9. The molecule has 1 aliphatic rings. The molecule has 144 valence electrons. The van der Waals surface area contributed by atoms with Gasteiger partial charge in [-0.1, -0.05) is 11.2 Å². The summed E-state index contributed by atoms with van der Waals surface area (Å²) in [5.41, 5.74) is 1.74. The third-order valence-electron chi connectivity index (χ3n) is 4.05. The Bertz CT molecular complexity index is 855. The smallest absolute Gasteiger partial charge is 0.287 e. The Hall–Kier alpha value is -3.21. The van der Waals surface area contributed by atoms with Gasteiger partial charge in [0.25, 0.3) is 5.88 Å². The van der Waals surface area contributed by atoms with Crippen LogP contribution in [0.5, 0.6) is 5.88 Å². The van der Waals surface area contributed by atoms with E-state index >= 15 is 0 Å². The Morgan fingerprint density at radius 1 is 1.52 bits per heavy atom. The highest BCUT2D eigenvalue weighted by atomic mass is 19.1. The minimum absolute atomic E-state index is 0.00173. The largest absolute Gasteiger partial charge is 0.472 e. The van der Waals surface area contributed by atoms with Crippen molar-refractivity contribution < 1.29 is 28.9 Å². The number of amidine groups is 1. The number of nitrogens with one attached hydrogen (secondary N) is 2. The van der Waals surface area contributed by atoms with Gasteiger partial charge >= 0.3 is 0 Å². The van der Waals surface area contributed by atoms with Crippen LogP contribution < -0.4 is 15.4 Å². The van der Waals surface area contributed by atoms with Gasteiger partial charge in [-0.25, -0.2) is 9.02 Å². The number of aromatic nitrogens is 2. The molecule has 0 saturated heterocycles. The number of amides is 1. The first-order valence-electron chi connectivity index (χ1n) is 8.12. The zero-order valence-corrected chi connectivity index (χ0v) is 14.3. The molecule has 0 spiro atoms. The predicted molar refractivity (Wildman–Crippen MR) is 88.8 cm³/mol. The molecule has 1 aliphatic carbocycles. The quantitative estimate of drug-likeness (QED) is 0.230. The van der Waals surface area contributed by atoms with Gasteiger partial charge in [-0.15, -0.1) is 0 Å². The molecule has 1 heterocycles. The average molecular weight is 379 g/mol. The highest BCUT2D eigenvalue weighted by molar-refractivity contribution is 5.98. The molecular weight excluding hydrogens is 361 g/mol. The van der Waals surface area contributed by atoms with Crippen molar-refractivity contribution in [3.8, 4) is 5.88 Å². The maximum Gasteiger partial charge on any atom is 0.287 e. The van der Waals surface area contributed by atoms with Crippen molar-refractivity contribution >= 4 is 11.7 Å². The number of carbonyl (C=O) groups is 1. The molecule has 1 unspecified atom stereocenters. The molecule has 3 rings (SSSR count). The van der Waals surface area contributed by atoms with Crippen LogP contribution in [0.3, 0.4) is 0 Å². The van der Waals surface area contributed by atoms with Crippen molar-refractivity contribution in [3.63, 3.8) is 0 Å². The van der Waals surface area contributed by atoms with E-state index in [1.165, 1.54) is 19.1 Å². The first-order valence-corrected chi connectivity index (χ1v) is 8.12. The van der Waals surface area contributed by atoms with Crippen LogP contribution in [0.1, 0.15) is 29.8 Å². The molecule has 10 nitrogen and oxygen atoms in total. The lowest BCUT2D eigenvalue weighted by Crippen LogP contribution is -2.41. The minimum atomic E-state index is -0.656. The number of hydrogen-bond acceptors (Lipinski definition) is 8. The summed E-state index contributed by atoms with van der Waals surface area (Å²) in [5, 5.41) is 34.4. The van der Waals surface area contributed by atoms with Gasteiger partial charge in [0.2, 0.25) is 17.4 Å². The second kappa shape index (κ2) is 7.99. The first kappa shape index (κ1) is 18.6. The molecule has 1 aromatic carbocycles. The van der Waals surface area contributed by atoms with E-state index in [-0.39, 0.29) is 48.4 Å². The summed E-state index contributed by atoms with van der Waals surface area (Å²) in [5.74, 6) is -0.835. The zero-order chi connectivity index (χ0) is 19.4. The van der Waals surface area contributed by atoms with Gasteiger partial charge in [0.05, 0.1) is 18.7 Å². The number of nitrogens with zero attached hydrogens (tertiary/aromatic N) is 3. The Labute approximate surface area is 153 Å². The third kappa shape index (κ3) is 4.14. The molecule has 4 N–H and O–H groups in total. The number of aliphatic hydroxyl groups excluding tert-OH is 1. The SMILES string of the molecule is CC(=O)NC(CO)COc1nonc1/C(=N/O)N[C@H]1Cc2ccc(F)cc21. The van der Waals surface area contributed by atoms with E-state index in [0.717, 1.165) is 11.1 Å². The van der Waals surface area contributed by atoms with Gasteiger partial charge in [0.15, 0.2) is 0 Å². The van der Waals surface area contributed by atoms with Crippen LogP contribution in [-0.4, -0.2) is 51.6 Å². The number of ether oxygens (including phenoxy) is 1. The molecule has 0 radical (unpaired) electrons. The van der Waals surface area contributed by atoms with E-state index in [4.69, 9.17) is 4.74 Å². The van der Waals surface area contributed by atoms with Gasteiger partial charge in [-0.2, -0.15) is 0 Å². The van der Waals surface area contributed by atoms with Crippen LogP contribution in [0.2, 0.25) is 0 Å². The number of benzene rings is 1. The van der Waals surface area contributed by atoms with E-state index in [2.05, 4.69) is 30.7 Å². The predicted octanol–water partition coefficient (Wildman–Crippen LogP) is 0.107. The summed E-state index contributed by atoms with van der Waals surface area (Å²) in [4.78, 5) is 11.1. The number of aliphatic hydroxyl groups is 1. The molecule has 27 heavy (non-hydrogen) atoms. The van der Waals surface area contributed by atoms with Crippen LogP contribution in [0.25, 0.3) is 0 Å². The average Bonchev–Trinajstić information content (AvgIpc) is 3.09. The Morgan fingerprint density at radius 3 is 3.04 bits per heavy atom. The molecule has 2 aromatic rings. The number of halogens is 1. The third-order valence-corrected chi connectivity index (χ3v) is 4.05. The fourth-order valence-electron chi connectivity index (χ4n) is 2.74. The maximum absolute atomic E-state index is 13.4. The summed E-state index contributed by atoms with van der Waals surface area (Å²) in [6.07, 6.45) is 0.616. The van der Waals surface area contributed by atoms with E-state index in [1.54, 1.807) is 6.07 Å². The van der Waals surface area contributed by atoms with E-state index < -0.39 is 6.04 Å². The van der Waals surface area contributed by atoms with Crippen molar-refractivity contribution in [2.24, 2.45) is 5.16 Å². The summed E-state index contributed by atoms with van der Waals surface area (Å²) in [6, 6.07) is 3.56. The van der Waals surface area contributed by atoms with Crippen LogP contribution in [0.15, 0.2) is 28.0 Å². The fraction of sp³-hybridized carbons (Fsp3) is 0.375. The highest BCUT2D eigenvalue weighted by Crippen LogP contribution is 2.33. The van der Waals surface area contributed by atoms with Crippen LogP contribution >= 0.6 is 0 Å². The van der Waals surface area contributed by atoms with Gasteiger partial charge in [-0.05, 0) is 40.0 Å².